The molecular formula is C16H12Cl2N2Sn. The average Bonchev–Trinajstić information content (AvgIpc) is 2.41. The first kappa shape index (κ1) is 24.7. The van der Waals surface area contributed by atoms with Crippen LogP contribution in [0.3, 0.4) is 0 Å². The van der Waals surface area contributed by atoms with Crippen LogP contribution in [-0.4, -0.2) is 35.6 Å². The first-order chi connectivity index (χ1) is 8.65. The molecule has 0 saturated carbocycles. The SMILES string of the molecule is C=c1ccc(=C=[N])cc1.C=c1ccc(=C=[N])cc1.[Cl-].[Cl-].[Sn+2]. The minimum Gasteiger partial charge on any atom is -1.00 e. The van der Waals surface area contributed by atoms with Gasteiger partial charge in [0.1, 0.15) is 0 Å². The van der Waals surface area contributed by atoms with Gasteiger partial charge in [-0.1, -0.05) is 48.2 Å². The number of hydrogen-bond donors (Lipinski definition) is 0. The van der Waals surface area contributed by atoms with Crippen molar-refractivity contribution >= 4 is 48.8 Å². The molecule has 0 fully saturated rings. The van der Waals surface area contributed by atoms with E-state index in [4.69, 9.17) is 10.8 Å². The second kappa shape index (κ2) is 13.7. The van der Waals surface area contributed by atoms with Gasteiger partial charge in [0.2, 0.25) is 0 Å². The Bertz CT molecular complexity index is 680. The molecule has 0 aromatic heterocycles. The topological polar surface area (TPSA) is 44.6 Å². The van der Waals surface area contributed by atoms with Crippen molar-refractivity contribution in [2.75, 3.05) is 0 Å². The van der Waals surface area contributed by atoms with Crippen molar-refractivity contribution in [2.24, 2.45) is 0 Å². The van der Waals surface area contributed by atoms with Crippen LogP contribution in [0.1, 0.15) is 0 Å². The summed E-state index contributed by atoms with van der Waals surface area (Å²) >= 11 is 0. The van der Waals surface area contributed by atoms with Crippen molar-refractivity contribution in [3.8, 4) is 0 Å². The Morgan fingerprint density at radius 2 is 0.857 bits per heavy atom. The van der Waals surface area contributed by atoms with Gasteiger partial charge in [0.05, 0.1) is 0 Å². The van der Waals surface area contributed by atoms with Crippen molar-refractivity contribution in [3.63, 3.8) is 0 Å². The van der Waals surface area contributed by atoms with Crippen LogP contribution < -0.4 is 56.5 Å². The van der Waals surface area contributed by atoms with Crippen molar-refractivity contribution < 1.29 is 24.8 Å². The largest absolute Gasteiger partial charge is 2.00 e. The van der Waals surface area contributed by atoms with E-state index in [1.54, 1.807) is 24.3 Å². The smallest absolute Gasteiger partial charge is 1.00 e. The van der Waals surface area contributed by atoms with Gasteiger partial charge < -0.3 is 24.8 Å². The first-order valence-corrected chi connectivity index (χ1v) is 5.30. The normalized spacial score (nSPS) is 7.24. The summed E-state index contributed by atoms with van der Waals surface area (Å²) in [5, 5.41) is 20.0. The van der Waals surface area contributed by atoms with Crippen molar-refractivity contribution in [2.45, 2.75) is 0 Å². The zero-order chi connectivity index (χ0) is 13.4. The van der Waals surface area contributed by atoms with E-state index in [1.807, 2.05) is 36.0 Å². The molecule has 2 rings (SSSR count). The fourth-order valence-electron chi connectivity index (χ4n) is 1.16. The van der Waals surface area contributed by atoms with Crippen molar-refractivity contribution in [1.29, 1.82) is 0 Å². The number of halogens is 2. The zero-order valence-corrected chi connectivity index (χ0v) is 15.5. The van der Waals surface area contributed by atoms with Gasteiger partial charge in [0.25, 0.3) is 0 Å². The second-order valence-electron chi connectivity index (χ2n) is 3.62. The van der Waals surface area contributed by atoms with Gasteiger partial charge in [-0.05, 0) is 34.7 Å². The van der Waals surface area contributed by atoms with E-state index in [1.165, 1.54) is 0 Å². The summed E-state index contributed by atoms with van der Waals surface area (Å²) in [4.78, 5) is 0. The Balaban J connectivity index is -0.000000270. The molecule has 4 radical (unpaired) electrons. The second-order valence-corrected chi connectivity index (χ2v) is 3.62. The van der Waals surface area contributed by atoms with Gasteiger partial charge in [0, 0.05) is 22.2 Å². The predicted molar refractivity (Wildman–Crippen MR) is 80.7 cm³/mol. The van der Waals surface area contributed by atoms with E-state index >= 15 is 0 Å². The maximum atomic E-state index is 8.36. The quantitative estimate of drug-likeness (QED) is 0.300. The molecule has 5 heteroatoms. The first-order valence-electron chi connectivity index (χ1n) is 5.30. The number of rotatable bonds is 0. The van der Waals surface area contributed by atoms with Crippen LogP contribution in [0.25, 0.3) is 13.2 Å². The molecular weight excluding hydrogens is 410 g/mol. The molecule has 2 aromatic rings. The van der Waals surface area contributed by atoms with Crippen LogP contribution in [0.5, 0.6) is 0 Å². The molecule has 0 aliphatic rings. The maximum Gasteiger partial charge on any atom is 2.00 e. The van der Waals surface area contributed by atoms with E-state index in [0.717, 1.165) is 10.4 Å². The Morgan fingerprint density at radius 1 is 0.619 bits per heavy atom. The van der Waals surface area contributed by atoms with Gasteiger partial charge in [-0.3, -0.25) is 0 Å². The molecule has 0 heterocycles. The average molecular weight is 422 g/mol. The standard InChI is InChI=1S/2C8H6N.2ClH.Sn/c2*1-7-2-4-8(6-9)5-3-7;;;/h2*2-5H,1H2;2*1H;/q;;;;+2/p-2. The third-order valence-corrected chi connectivity index (χ3v) is 2.17. The van der Waals surface area contributed by atoms with Crippen LogP contribution in [0.4, 0.5) is 0 Å². The summed E-state index contributed by atoms with van der Waals surface area (Å²) < 4.78 is 0. The number of hydrogen-bond acceptors (Lipinski definition) is 0. The summed E-state index contributed by atoms with van der Waals surface area (Å²) in [7, 11) is 0. The molecule has 2 aromatic carbocycles. The van der Waals surface area contributed by atoms with Gasteiger partial charge in [-0.2, -0.15) is 0 Å². The molecule has 0 unspecified atom stereocenters. The Kier molecular flexibility index (Phi) is 16.1. The van der Waals surface area contributed by atoms with Gasteiger partial charge in [-0.15, -0.1) is 0 Å². The summed E-state index contributed by atoms with van der Waals surface area (Å²) in [5.74, 6) is 4.05. The Morgan fingerprint density at radius 3 is 1.05 bits per heavy atom. The van der Waals surface area contributed by atoms with Crippen molar-refractivity contribution in [1.82, 2.24) is 10.8 Å². The van der Waals surface area contributed by atoms with Gasteiger partial charge >= 0.3 is 23.9 Å². The summed E-state index contributed by atoms with van der Waals surface area (Å²) in [6, 6.07) is 14.3. The molecule has 0 aliphatic heterocycles. The Labute approximate surface area is 153 Å². The fraction of sp³-hybridized carbons (Fsp3) is 0. The van der Waals surface area contributed by atoms with E-state index < -0.39 is 0 Å². The van der Waals surface area contributed by atoms with Crippen LogP contribution in [0.15, 0.2) is 48.5 Å². The zero-order valence-electron chi connectivity index (χ0n) is 11.2. The molecule has 104 valence electrons. The van der Waals surface area contributed by atoms with E-state index in [-0.39, 0.29) is 48.7 Å². The van der Waals surface area contributed by atoms with Crippen molar-refractivity contribution in [3.05, 3.63) is 69.4 Å². The van der Waals surface area contributed by atoms with E-state index in [9.17, 15) is 0 Å². The molecule has 2 nitrogen and oxygen atoms in total. The van der Waals surface area contributed by atoms with E-state index in [2.05, 4.69) is 13.2 Å². The molecule has 0 N–H and O–H groups in total. The van der Waals surface area contributed by atoms with Crippen LogP contribution in [0.2, 0.25) is 0 Å². The molecule has 0 saturated heterocycles. The summed E-state index contributed by atoms with van der Waals surface area (Å²) in [5.41, 5.74) is 0. The minimum atomic E-state index is 0. The number of nitrogens with zero attached hydrogens (tertiary/aromatic N) is 2. The monoisotopic (exact) mass is 422 g/mol. The molecule has 0 amide bonds. The maximum absolute atomic E-state index is 8.36. The van der Waals surface area contributed by atoms with E-state index in [0.29, 0.717) is 10.4 Å². The third kappa shape index (κ3) is 10.1. The summed E-state index contributed by atoms with van der Waals surface area (Å²) in [6.07, 6.45) is 0. The van der Waals surface area contributed by atoms with Crippen LogP contribution in [0, 0.1) is 0 Å². The molecule has 0 atom stereocenters. The van der Waals surface area contributed by atoms with Crippen LogP contribution in [-0.2, 0) is 0 Å². The Hall–Kier alpha value is -1.28. The third-order valence-electron chi connectivity index (χ3n) is 2.17. The predicted octanol–water partition coefficient (Wildman–Crippen LogP) is -7.90. The molecule has 21 heavy (non-hydrogen) atoms. The molecule has 0 aliphatic carbocycles. The van der Waals surface area contributed by atoms with Gasteiger partial charge in [-0.25, -0.2) is 0 Å². The number of benzene rings is 2. The molecule has 0 bridgehead atoms. The van der Waals surface area contributed by atoms with Crippen LogP contribution >= 0.6 is 0 Å². The minimum absolute atomic E-state index is 0. The summed E-state index contributed by atoms with van der Waals surface area (Å²) in [6.45, 7) is 7.37. The van der Waals surface area contributed by atoms with Gasteiger partial charge in [0.15, 0.2) is 0 Å². The fourth-order valence-corrected chi connectivity index (χ4v) is 1.16. The molecule has 0 spiro atoms.